The van der Waals surface area contributed by atoms with Crippen molar-refractivity contribution < 1.29 is 9.53 Å². The Morgan fingerprint density at radius 2 is 2.21 bits per heavy atom. The summed E-state index contributed by atoms with van der Waals surface area (Å²) in [6, 6.07) is 5.41. The summed E-state index contributed by atoms with van der Waals surface area (Å²) in [6.45, 7) is 3.96. The van der Waals surface area contributed by atoms with Crippen molar-refractivity contribution in [3.05, 3.63) is 46.3 Å². The monoisotopic (exact) mass is 398 g/mol. The number of hydrogen-bond donors (Lipinski definition) is 0. The molecule has 1 saturated heterocycles. The van der Waals surface area contributed by atoms with Crippen LogP contribution >= 0.6 is 0 Å². The van der Waals surface area contributed by atoms with Gasteiger partial charge in [0, 0.05) is 39.1 Å². The van der Waals surface area contributed by atoms with Crippen molar-refractivity contribution in [3.8, 4) is 0 Å². The molecule has 1 atom stereocenters. The SMILES string of the molecule is COCCn1c(=O)n([C@H]2CCCN(C(=O)c3cc(C)n(C)n3)C2)c2ncccc21. The number of rotatable bonds is 5. The zero-order valence-corrected chi connectivity index (χ0v) is 17.0. The molecule has 1 aliphatic rings. The normalized spacial score (nSPS) is 17.2. The first-order valence-corrected chi connectivity index (χ1v) is 9.86. The van der Waals surface area contributed by atoms with Crippen LogP contribution in [0, 0.1) is 6.92 Å². The lowest BCUT2D eigenvalue weighted by Crippen LogP contribution is -2.43. The number of fused-ring (bicyclic) bond motifs is 1. The van der Waals surface area contributed by atoms with Crippen LogP contribution in [0.15, 0.2) is 29.2 Å². The summed E-state index contributed by atoms with van der Waals surface area (Å²) in [5, 5.41) is 4.32. The van der Waals surface area contributed by atoms with Gasteiger partial charge in [0.1, 0.15) is 0 Å². The van der Waals surface area contributed by atoms with Gasteiger partial charge in [-0.2, -0.15) is 5.10 Å². The van der Waals surface area contributed by atoms with Crippen LogP contribution < -0.4 is 5.69 Å². The van der Waals surface area contributed by atoms with Gasteiger partial charge >= 0.3 is 5.69 Å². The highest BCUT2D eigenvalue weighted by Gasteiger charge is 2.30. The first kappa shape index (κ1) is 19.4. The maximum atomic E-state index is 13.2. The van der Waals surface area contributed by atoms with Gasteiger partial charge in [-0.25, -0.2) is 9.78 Å². The molecule has 9 nitrogen and oxygen atoms in total. The summed E-state index contributed by atoms with van der Waals surface area (Å²) in [4.78, 5) is 32.4. The third-order valence-electron chi connectivity index (χ3n) is 5.62. The molecule has 154 valence electrons. The molecule has 0 spiro atoms. The lowest BCUT2D eigenvalue weighted by molar-refractivity contribution is 0.0672. The van der Waals surface area contributed by atoms with Crippen molar-refractivity contribution in [1.29, 1.82) is 0 Å². The molecule has 1 fully saturated rings. The van der Waals surface area contributed by atoms with Crippen molar-refractivity contribution in [2.75, 3.05) is 26.8 Å². The molecule has 3 aromatic rings. The van der Waals surface area contributed by atoms with Crippen molar-refractivity contribution in [3.63, 3.8) is 0 Å². The van der Waals surface area contributed by atoms with Gasteiger partial charge in [0.2, 0.25) is 0 Å². The van der Waals surface area contributed by atoms with E-state index in [9.17, 15) is 9.59 Å². The molecule has 0 radical (unpaired) electrons. The average molecular weight is 398 g/mol. The second-order valence-corrected chi connectivity index (χ2v) is 7.48. The Morgan fingerprint density at radius 3 is 2.93 bits per heavy atom. The summed E-state index contributed by atoms with van der Waals surface area (Å²) in [7, 11) is 3.44. The first-order chi connectivity index (χ1) is 14.0. The van der Waals surface area contributed by atoms with Gasteiger partial charge in [-0.3, -0.25) is 18.6 Å². The molecule has 3 aromatic heterocycles. The Balaban J connectivity index is 1.66. The highest BCUT2D eigenvalue weighted by atomic mass is 16.5. The topological polar surface area (TPSA) is 87.2 Å². The van der Waals surface area contributed by atoms with Crippen molar-refractivity contribution in [2.24, 2.45) is 7.05 Å². The Labute approximate surface area is 168 Å². The summed E-state index contributed by atoms with van der Waals surface area (Å²) < 4.78 is 10.3. The number of amides is 1. The average Bonchev–Trinajstić information content (AvgIpc) is 3.21. The van der Waals surface area contributed by atoms with Crippen molar-refractivity contribution >= 4 is 17.1 Å². The molecule has 29 heavy (non-hydrogen) atoms. The maximum absolute atomic E-state index is 13.2. The van der Waals surface area contributed by atoms with Crippen LogP contribution in [-0.2, 0) is 18.3 Å². The fraction of sp³-hybridized carbons (Fsp3) is 0.500. The van der Waals surface area contributed by atoms with Crippen LogP contribution in [0.3, 0.4) is 0 Å². The molecule has 0 N–H and O–H groups in total. The standard InChI is InChI=1S/C20H26N6O3/c1-14-12-16(22-23(14)2)19(27)24-9-5-6-15(13-24)26-18-17(7-4-8-21-18)25(20(26)28)10-11-29-3/h4,7-8,12,15H,5-6,9-11,13H2,1-3H3/t15-/m0/s1. The molecule has 0 bridgehead atoms. The van der Waals surface area contributed by atoms with E-state index in [1.807, 2.05) is 26.1 Å². The maximum Gasteiger partial charge on any atom is 0.330 e. The number of pyridine rings is 1. The Kier molecular flexibility index (Phi) is 5.23. The van der Waals surface area contributed by atoms with Gasteiger partial charge in [0.15, 0.2) is 11.3 Å². The molecular formula is C20H26N6O3. The van der Waals surface area contributed by atoms with Crippen LogP contribution in [0.4, 0.5) is 0 Å². The van der Waals surface area contributed by atoms with Crippen LogP contribution in [0.2, 0.25) is 0 Å². The van der Waals surface area contributed by atoms with Gasteiger partial charge in [0.05, 0.1) is 24.7 Å². The minimum atomic E-state index is -0.119. The van der Waals surface area contributed by atoms with Gasteiger partial charge in [0.25, 0.3) is 5.91 Å². The zero-order valence-electron chi connectivity index (χ0n) is 17.0. The molecule has 0 aromatic carbocycles. The molecule has 9 heteroatoms. The predicted octanol–water partition coefficient (Wildman–Crippen LogP) is 1.36. The molecule has 1 aliphatic heterocycles. The summed E-state index contributed by atoms with van der Waals surface area (Å²) in [5.41, 5.74) is 2.71. The quantitative estimate of drug-likeness (QED) is 0.648. The van der Waals surface area contributed by atoms with Crippen LogP contribution in [-0.4, -0.2) is 61.5 Å². The lowest BCUT2D eigenvalue weighted by atomic mass is 10.0. The Hall–Kier alpha value is -2.94. The molecule has 4 heterocycles. The van der Waals surface area contributed by atoms with Crippen molar-refractivity contribution in [1.82, 2.24) is 28.8 Å². The molecule has 1 amide bonds. The number of imidazole rings is 1. The number of aromatic nitrogens is 5. The third-order valence-corrected chi connectivity index (χ3v) is 5.62. The number of carbonyl (C=O) groups is 1. The number of piperidine rings is 1. The summed E-state index contributed by atoms with van der Waals surface area (Å²) in [6.07, 6.45) is 3.35. The van der Waals surface area contributed by atoms with E-state index >= 15 is 0 Å². The smallest absolute Gasteiger partial charge is 0.330 e. The fourth-order valence-electron chi connectivity index (χ4n) is 4.01. The Bertz CT molecular complexity index is 1080. The molecule has 0 unspecified atom stereocenters. The number of hydrogen-bond acceptors (Lipinski definition) is 5. The first-order valence-electron chi connectivity index (χ1n) is 9.86. The van der Waals surface area contributed by atoms with E-state index in [4.69, 9.17) is 4.74 Å². The number of methoxy groups -OCH3 is 1. The second kappa shape index (κ2) is 7.82. The molecular weight excluding hydrogens is 372 g/mol. The molecule has 0 aliphatic carbocycles. The van der Waals surface area contributed by atoms with Crippen LogP contribution in [0.5, 0.6) is 0 Å². The highest BCUT2D eigenvalue weighted by Crippen LogP contribution is 2.25. The number of ether oxygens (including phenoxy) is 1. The third kappa shape index (κ3) is 3.46. The number of likely N-dealkylation sites (tertiary alicyclic amines) is 1. The molecule has 4 rings (SSSR count). The van der Waals surface area contributed by atoms with Gasteiger partial charge < -0.3 is 9.64 Å². The highest BCUT2D eigenvalue weighted by molar-refractivity contribution is 5.92. The number of aryl methyl sites for hydroxylation is 2. The number of nitrogens with zero attached hydrogens (tertiary/aromatic N) is 6. The van der Waals surface area contributed by atoms with E-state index in [0.29, 0.717) is 37.6 Å². The zero-order chi connectivity index (χ0) is 20.5. The molecule has 0 saturated carbocycles. The largest absolute Gasteiger partial charge is 0.383 e. The summed E-state index contributed by atoms with van der Waals surface area (Å²) >= 11 is 0. The number of carbonyl (C=O) groups excluding carboxylic acids is 1. The van der Waals surface area contributed by atoms with Crippen molar-refractivity contribution in [2.45, 2.75) is 32.4 Å². The van der Waals surface area contributed by atoms with E-state index < -0.39 is 0 Å². The van der Waals surface area contributed by atoms with Crippen LogP contribution in [0.1, 0.15) is 35.1 Å². The summed E-state index contributed by atoms with van der Waals surface area (Å²) in [5.74, 6) is -0.0949. The van der Waals surface area contributed by atoms with Gasteiger partial charge in [-0.15, -0.1) is 0 Å². The van der Waals surface area contributed by atoms with E-state index in [1.165, 1.54) is 0 Å². The van der Waals surface area contributed by atoms with Gasteiger partial charge in [-0.05, 0) is 38.0 Å². The van der Waals surface area contributed by atoms with Crippen LogP contribution in [0.25, 0.3) is 11.2 Å². The van der Waals surface area contributed by atoms with E-state index in [0.717, 1.165) is 24.1 Å². The van der Waals surface area contributed by atoms with E-state index in [-0.39, 0.29) is 17.6 Å². The van der Waals surface area contributed by atoms with E-state index in [1.54, 1.807) is 38.1 Å². The minimum absolute atomic E-state index is 0.0949. The predicted molar refractivity (Wildman–Crippen MR) is 108 cm³/mol. The van der Waals surface area contributed by atoms with E-state index in [2.05, 4.69) is 10.1 Å². The fourth-order valence-corrected chi connectivity index (χ4v) is 4.01. The minimum Gasteiger partial charge on any atom is -0.383 e. The second-order valence-electron chi connectivity index (χ2n) is 7.48. The Morgan fingerprint density at radius 1 is 1.38 bits per heavy atom. The lowest BCUT2D eigenvalue weighted by Gasteiger charge is -2.32. The van der Waals surface area contributed by atoms with Gasteiger partial charge in [-0.1, -0.05) is 0 Å².